The summed E-state index contributed by atoms with van der Waals surface area (Å²) in [5.74, 6) is -0.747. The summed E-state index contributed by atoms with van der Waals surface area (Å²) in [5.41, 5.74) is -0.399. The predicted molar refractivity (Wildman–Crippen MR) is 116 cm³/mol. The number of carbonyl (C=O) groups excluding carboxylic acids is 1. The van der Waals surface area contributed by atoms with Crippen molar-refractivity contribution < 1.29 is 23.2 Å². The van der Waals surface area contributed by atoms with Gasteiger partial charge < -0.3 is 10.5 Å². The van der Waals surface area contributed by atoms with Gasteiger partial charge in [0, 0.05) is 18.3 Å². The van der Waals surface area contributed by atoms with Crippen LogP contribution in [0.4, 0.5) is 13.2 Å². The third-order valence-electron chi connectivity index (χ3n) is 4.84. The van der Waals surface area contributed by atoms with Crippen LogP contribution < -0.4 is 10.7 Å². The summed E-state index contributed by atoms with van der Waals surface area (Å²) in [7, 11) is 0. The lowest BCUT2D eigenvalue weighted by Gasteiger charge is -2.13. The Labute approximate surface area is 187 Å². The van der Waals surface area contributed by atoms with E-state index < -0.39 is 28.8 Å². The molecule has 172 valence electrons. The Hall–Kier alpha value is -3.95. The first-order valence-electron chi connectivity index (χ1n) is 10.0. The zero-order valence-electron chi connectivity index (χ0n) is 17.6. The Morgan fingerprint density at radius 3 is 2.52 bits per heavy atom. The third kappa shape index (κ3) is 5.85. The minimum Gasteiger partial charge on any atom is -0.411 e. The first-order chi connectivity index (χ1) is 15.7. The number of aromatic nitrogens is 2. The molecule has 1 heterocycles. The number of carbonyl (C=O) groups is 1. The van der Waals surface area contributed by atoms with E-state index in [-0.39, 0.29) is 17.9 Å². The molecule has 3 rings (SSSR count). The maximum atomic E-state index is 13.1. The summed E-state index contributed by atoms with van der Waals surface area (Å²) in [6.07, 6.45) is -3.75. The van der Waals surface area contributed by atoms with Crippen molar-refractivity contribution in [2.75, 3.05) is 6.54 Å². The molecule has 0 aliphatic heterocycles. The molecule has 10 heteroatoms. The van der Waals surface area contributed by atoms with Crippen molar-refractivity contribution in [3.05, 3.63) is 93.4 Å². The van der Waals surface area contributed by atoms with E-state index in [2.05, 4.69) is 15.6 Å². The topological polar surface area (TPSA) is 96.6 Å². The molecule has 0 aliphatic rings. The number of aryl methyl sites for hydroxylation is 1. The van der Waals surface area contributed by atoms with E-state index in [1.165, 1.54) is 19.1 Å². The van der Waals surface area contributed by atoms with Crippen molar-refractivity contribution >= 4 is 11.6 Å². The van der Waals surface area contributed by atoms with Crippen molar-refractivity contribution in [1.29, 1.82) is 0 Å². The Balaban J connectivity index is 1.72. The number of rotatable bonds is 7. The van der Waals surface area contributed by atoms with Crippen LogP contribution in [0.5, 0.6) is 0 Å². The van der Waals surface area contributed by atoms with E-state index in [4.69, 9.17) is 0 Å². The molecule has 0 saturated carbocycles. The molecule has 0 saturated heterocycles. The molecular weight excluding hydrogens is 437 g/mol. The smallest absolute Gasteiger partial charge is 0.411 e. The number of nitrogens with one attached hydrogen (secondary N) is 1. The molecule has 7 nitrogen and oxygen atoms in total. The fraction of sp³-hybridized carbons (Fsp3) is 0.217. The monoisotopic (exact) mass is 458 g/mol. The number of hydrogen-bond donors (Lipinski definition) is 2. The summed E-state index contributed by atoms with van der Waals surface area (Å²) in [4.78, 5) is 24.8. The van der Waals surface area contributed by atoms with Crippen LogP contribution in [0, 0.1) is 6.92 Å². The first kappa shape index (κ1) is 23.7. The zero-order valence-corrected chi connectivity index (χ0v) is 17.6. The lowest BCUT2D eigenvalue weighted by molar-refractivity contribution is -0.137. The Bertz CT molecular complexity index is 1220. The van der Waals surface area contributed by atoms with Crippen molar-refractivity contribution in [1.82, 2.24) is 15.1 Å². The number of oxime groups is 1. The van der Waals surface area contributed by atoms with Crippen molar-refractivity contribution in [2.45, 2.75) is 25.9 Å². The zero-order chi connectivity index (χ0) is 24.0. The highest BCUT2D eigenvalue weighted by atomic mass is 19.4. The van der Waals surface area contributed by atoms with Crippen LogP contribution in [-0.4, -0.2) is 33.2 Å². The standard InChI is InChI=1S/C23H21F3N4O3/c1-15-13-20(31)21(28-30(15)18-10-5-9-17(14-18)23(24,25)26)22(32)27-12-6-11-19(29-33)16-7-3-2-4-8-16/h2-5,7-10,13-14,33H,6,11-12H2,1H3,(H,27,32)/b29-19-. The van der Waals surface area contributed by atoms with Crippen molar-refractivity contribution in [3.63, 3.8) is 0 Å². The lowest BCUT2D eigenvalue weighted by atomic mass is 10.1. The summed E-state index contributed by atoms with van der Waals surface area (Å²) >= 11 is 0. The van der Waals surface area contributed by atoms with Crippen LogP contribution in [0.2, 0.25) is 0 Å². The molecule has 0 aliphatic carbocycles. The molecule has 0 unspecified atom stereocenters. The molecule has 2 N–H and O–H groups in total. The second-order valence-corrected chi connectivity index (χ2v) is 7.23. The maximum Gasteiger partial charge on any atom is 0.416 e. The summed E-state index contributed by atoms with van der Waals surface area (Å²) in [5, 5.41) is 19.1. The Kier molecular flexibility index (Phi) is 7.27. The van der Waals surface area contributed by atoms with E-state index in [9.17, 15) is 28.0 Å². The van der Waals surface area contributed by atoms with E-state index >= 15 is 0 Å². The molecule has 33 heavy (non-hydrogen) atoms. The summed E-state index contributed by atoms with van der Waals surface area (Å²) < 4.78 is 40.3. The fourth-order valence-electron chi connectivity index (χ4n) is 3.20. The van der Waals surface area contributed by atoms with Crippen molar-refractivity contribution in [3.8, 4) is 5.69 Å². The summed E-state index contributed by atoms with van der Waals surface area (Å²) in [6.45, 7) is 1.68. The SMILES string of the molecule is Cc1cc(=O)c(C(=O)NCCC/C(=N/O)c2ccccc2)nn1-c1cccc(C(F)(F)F)c1. The van der Waals surface area contributed by atoms with Gasteiger partial charge in [-0.25, -0.2) is 4.68 Å². The minimum atomic E-state index is -4.54. The molecule has 1 amide bonds. The molecular formula is C23H21F3N4O3. The third-order valence-corrected chi connectivity index (χ3v) is 4.84. The molecule has 3 aromatic rings. The summed E-state index contributed by atoms with van der Waals surface area (Å²) in [6, 6.07) is 14.6. The van der Waals surface area contributed by atoms with Gasteiger partial charge in [0.15, 0.2) is 5.69 Å². The first-order valence-corrected chi connectivity index (χ1v) is 10.0. The van der Waals surface area contributed by atoms with Crippen LogP contribution in [0.15, 0.2) is 70.6 Å². The predicted octanol–water partition coefficient (Wildman–Crippen LogP) is 3.95. The van der Waals surface area contributed by atoms with Gasteiger partial charge in [-0.1, -0.05) is 41.6 Å². The number of alkyl halides is 3. The van der Waals surface area contributed by atoms with Crippen molar-refractivity contribution in [2.24, 2.45) is 5.16 Å². The second kappa shape index (κ2) is 10.1. The van der Waals surface area contributed by atoms with E-state index in [0.29, 0.717) is 18.6 Å². The van der Waals surface area contributed by atoms with Gasteiger partial charge in [-0.3, -0.25) is 9.59 Å². The maximum absolute atomic E-state index is 13.1. The number of nitrogens with zero attached hydrogens (tertiary/aromatic N) is 3. The van der Waals surface area contributed by atoms with Crippen LogP contribution in [0.1, 0.15) is 40.2 Å². The lowest BCUT2D eigenvalue weighted by Crippen LogP contribution is -2.32. The molecule has 0 radical (unpaired) electrons. The van der Waals surface area contributed by atoms with Gasteiger partial charge in [0.1, 0.15) is 0 Å². The van der Waals surface area contributed by atoms with Gasteiger partial charge in [0.05, 0.1) is 17.0 Å². The number of halogens is 3. The van der Waals surface area contributed by atoms with Gasteiger partial charge >= 0.3 is 6.18 Å². The van der Waals surface area contributed by atoms with E-state index in [0.717, 1.165) is 28.4 Å². The number of benzene rings is 2. The normalized spacial score (nSPS) is 11.9. The molecule has 0 atom stereocenters. The van der Waals surface area contributed by atoms with E-state index in [1.54, 1.807) is 24.3 Å². The number of amides is 1. The average Bonchev–Trinajstić information content (AvgIpc) is 2.79. The van der Waals surface area contributed by atoms with Crippen LogP contribution >= 0.6 is 0 Å². The highest BCUT2D eigenvalue weighted by molar-refractivity contribution is 6.00. The Morgan fingerprint density at radius 2 is 1.85 bits per heavy atom. The van der Waals surface area contributed by atoms with Gasteiger partial charge in [0.2, 0.25) is 5.43 Å². The highest BCUT2D eigenvalue weighted by Gasteiger charge is 2.30. The average molecular weight is 458 g/mol. The fourth-order valence-corrected chi connectivity index (χ4v) is 3.20. The largest absolute Gasteiger partial charge is 0.416 e. The molecule has 2 aromatic carbocycles. The van der Waals surface area contributed by atoms with Crippen LogP contribution in [-0.2, 0) is 6.18 Å². The van der Waals surface area contributed by atoms with Crippen LogP contribution in [0.3, 0.4) is 0 Å². The highest BCUT2D eigenvalue weighted by Crippen LogP contribution is 2.30. The minimum absolute atomic E-state index is 0.0723. The van der Waals surface area contributed by atoms with Crippen LogP contribution in [0.25, 0.3) is 5.69 Å². The van der Waals surface area contributed by atoms with Gasteiger partial charge in [-0.15, -0.1) is 0 Å². The van der Waals surface area contributed by atoms with E-state index in [1.807, 2.05) is 6.07 Å². The molecule has 0 bridgehead atoms. The molecule has 0 fully saturated rings. The second-order valence-electron chi connectivity index (χ2n) is 7.23. The van der Waals surface area contributed by atoms with Gasteiger partial charge in [-0.2, -0.15) is 18.3 Å². The molecule has 0 spiro atoms. The van der Waals surface area contributed by atoms with Gasteiger partial charge in [0.25, 0.3) is 5.91 Å². The molecule has 1 aromatic heterocycles. The quantitative estimate of drug-likeness (QED) is 0.243. The number of hydrogen-bond acceptors (Lipinski definition) is 5. The van der Waals surface area contributed by atoms with Gasteiger partial charge in [-0.05, 0) is 43.5 Å². The Morgan fingerprint density at radius 1 is 1.12 bits per heavy atom.